The summed E-state index contributed by atoms with van der Waals surface area (Å²) in [6.07, 6.45) is -3.58. The molecule has 1 heterocycles. The lowest BCUT2D eigenvalue weighted by molar-refractivity contribution is -0.280. The van der Waals surface area contributed by atoms with Gasteiger partial charge < -0.3 is 24.1 Å². The molecule has 1 fully saturated rings. The Morgan fingerprint density at radius 3 is 2.05 bits per heavy atom. The van der Waals surface area contributed by atoms with Gasteiger partial charge in [0, 0.05) is 20.8 Å². The standard InChI is InChI=1S/C11H15BrO8/c1-5(13)18-8-4-17-11(12,16)10(20-7(3)15)9(8)19-6(2)14/h8-10,16H,4H2,1-3H3/t8-,9+,10-,11+/m1/s1. The van der Waals surface area contributed by atoms with Crippen LogP contribution in [0.1, 0.15) is 20.8 Å². The molecule has 0 spiro atoms. The monoisotopic (exact) mass is 354 g/mol. The quantitative estimate of drug-likeness (QED) is 0.423. The summed E-state index contributed by atoms with van der Waals surface area (Å²) >= 11 is 2.84. The topological polar surface area (TPSA) is 108 Å². The SMILES string of the molecule is CC(=O)O[C@@H]1[C@@H](OC(C)=O)[C@@](O)(Br)OC[C@H]1OC(C)=O. The van der Waals surface area contributed by atoms with Gasteiger partial charge in [-0.05, 0) is 15.9 Å². The summed E-state index contributed by atoms with van der Waals surface area (Å²) in [7, 11) is 0. The molecule has 8 nitrogen and oxygen atoms in total. The first-order valence-corrected chi connectivity index (χ1v) is 6.49. The molecule has 1 saturated heterocycles. The van der Waals surface area contributed by atoms with Crippen molar-refractivity contribution in [1.29, 1.82) is 0 Å². The summed E-state index contributed by atoms with van der Waals surface area (Å²) in [6.45, 7) is 3.18. The largest absolute Gasteiger partial charge is 0.456 e. The molecule has 1 aliphatic heterocycles. The second-order valence-electron chi connectivity index (χ2n) is 4.17. The van der Waals surface area contributed by atoms with E-state index in [-0.39, 0.29) is 6.61 Å². The minimum absolute atomic E-state index is 0.239. The van der Waals surface area contributed by atoms with Crippen molar-refractivity contribution < 1.29 is 38.4 Å². The number of alkyl halides is 1. The van der Waals surface area contributed by atoms with Gasteiger partial charge in [0.15, 0.2) is 12.2 Å². The molecular weight excluding hydrogens is 340 g/mol. The highest BCUT2D eigenvalue weighted by Crippen LogP contribution is 2.34. The second kappa shape index (κ2) is 6.51. The third kappa shape index (κ3) is 4.43. The van der Waals surface area contributed by atoms with E-state index in [9.17, 15) is 19.5 Å². The molecule has 0 aliphatic carbocycles. The van der Waals surface area contributed by atoms with Crippen LogP contribution in [0.5, 0.6) is 0 Å². The molecule has 114 valence electrons. The van der Waals surface area contributed by atoms with Crippen molar-refractivity contribution in [2.45, 2.75) is 43.8 Å². The lowest BCUT2D eigenvalue weighted by Crippen LogP contribution is -2.61. The van der Waals surface area contributed by atoms with Crippen LogP contribution in [-0.4, -0.2) is 52.6 Å². The number of esters is 3. The number of halogens is 1. The summed E-state index contributed by atoms with van der Waals surface area (Å²) in [5.74, 6) is -2.04. The summed E-state index contributed by atoms with van der Waals surface area (Å²) < 4.78 is 17.8. The van der Waals surface area contributed by atoms with Crippen molar-refractivity contribution in [3.63, 3.8) is 0 Å². The minimum Gasteiger partial charge on any atom is -0.456 e. The highest BCUT2D eigenvalue weighted by atomic mass is 79.9. The number of hydrogen-bond donors (Lipinski definition) is 1. The maximum Gasteiger partial charge on any atom is 0.303 e. The molecule has 1 aliphatic rings. The van der Waals surface area contributed by atoms with Crippen molar-refractivity contribution in [3.8, 4) is 0 Å². The number of rotatable bonds is 3. The van der Waals surface area contributed by atoms with Crippen molar-refractivity contribution in [2.75, 3.05) is 6.61 Å². The van der Waals surface area contributed by atoms with Crippen molar-refractivity contribution in [2.24, 2.45) is 0 Å². The lowest BCUT2D eigenvalue weighted by atomic mass is 10.0. The summed E-state index contributed by atoms with van der Waals surface area (Å²) in [4.78, 5) is 33.3. The van der Waals surface area contributed by atoms with E-state index in [2.05, 4.69) is 15.9 Å². The fraction of sp³-hybridized carbons (Fsp3) is 0.727. The van der Waals surface area contributed by atoms with Crippen LogP contribution in [0.3, 0.4) is 0 Å². The van der Waals surface area contributed by atoms with Gasteiger partial charge in [-0.3, -0.25) is 14.4 Å². The van der Waals surface area contributed by atoms with Crippen LogP contribution in [0.15, 0.2) is 0 Å². The van der Waals surface area contributed by atoms with E-state index in [0.29, 0.717) is 0 Å². The smallest absolute Gasteiger partial charge is 0.303 e. The van der Waals surface area contributed by atoms with Gasteiger partial charge in [-0.25, -0.2) is 0 Å². The van der Waals surface area contributed by atoms with Gasteiger partial charge in [0.2, 0.25) is 6.10 Å². The molecule has 20 heavy (non-hydrogen) atoms. The molecule has 0 bridgehead atoms. The fourth-order valence-electron chi connectivity index (χ4n) is 1.74. The molecule has 9 heteroatoms. The molecule has 0 saturated carbocycles. The van der Waals surface area contributed by atoms with Gasteiger partial charge in [-0.2, -0.15) is 0 Å². The number of ether oxygens (including phenoxy) is 4. The Hall–Kier alpha value is -1.19. The average molecular weight is 355 g/mol. The highest BCUT2D eigenvalue weighted by molar-refractivity contribution is 9.10. The molecular formula is C11H15BrO8. The molecule has 0 aromatic rings. The Morgan fingerprint density at radius 2 is 1.60 bits per heavy atom. The van der Waals surface area contributed by atoms with E-state index >= 15 is 0 Å². The zero-order valence-electron chi connectivity index (χ0n) is 11.1. The van der Waals surface area contributed by atoms with Crippen LogP contribution < -0.4 is 0 Å². The molecule has 1 N–H and O–H groups in total. The summed E-state index contributed by atoms with van der Waals surface area (Å²) in [6, 6.07) is 0. The predicted molar refractivity (Wildman–Crippen MR) is 66.5 cm³/mol. The lowest BCUT2D eigenvalue weighted by Gasteiger charge is -2.42. The number of carbonyl (C=O) groups is 3. The summed E-state index contributed by atoms with van der Waals surface area (Å²) in [5, 5.41) is 10.0. The van der Waals surface area contributed by atoms with Gasteiger partial charge in [0.1, 0.15) is 0 Å². The van der Waals surface area contributed by atoms with Gasteiger partial charge in [0.05, 0.1) is 6.61 Å². The first-order chi connectivity index (χ1) is 9.13. The van der Waals surface area contributed by atoms with Gasteiger partial charge in [-0.15, -0.1) is 0 Å². The highest BCUT2D eigenvalue weighted by Gasteiger charge is 2.54. The van der Waals surface area contributed by atoms with Crippen LogP contribution in [-0.2, 0) is 33.3 Å². The van der Waals surface area contributed by atoms with Crippen LogP contribution >= 0.6 is 15.9 Å². The van der Waals surface area contributed by atoms with Crippen LogP contribution in [0.2, 0.25) is 0 Å². The Kier molecular flexibility index (Phi) is 5.49. The normalized spacial score (nSPS) is 33.1. The number of hydrogen-bond acceptors (Lipinski definition) is 8. The molecule has 4 atom stereocenters. The Balaban J connectivity index is 3.02. The zero-order valence-corrected chi connectivity index (χ0v) is 12.7. The van der Waals surface area contributed by atoms with Crippen LogP contribution in [0.25, 0.3) is 0 Å². The maximum absolute atomic E-state index is 11.1. The van der Waals surface area contributed by atoms with Crippen molar-refractivity contribution in [1.82, 2.24) is 0 Å². The van der Waals surface area contributed by atoms with E-state index in [0.717, 1.165) is 13.8 Å². The average Bonchev–Trinajstić information content (AvgIpc) is 2.26. The maximum atomic E-state index is 11.1. The molecule has 0 radical (unpaired) electrons. The number of aliphatic hydroxyl groups is 1. The fourth-order valence-corrected chi connectivity index (χ4v) is 2.22. The second-order valence-corrected chi connectivity index (χ2v) is 5.31. The van der Waals surface area contributed by atoms with Crippen molar-refractivity contribution in [3.05, 3.63) is 0 Å². The third-order valence-electron chi connectivity index (χ3n) is 2.38. The van der Waals surface area contributed by atoms with Gasteiger partial charge >= 0.3 is 17.9 Å². The Morgan fingerprint density at radius 1 is 1.10 bits per heavy atom. The molecule has 0 aromatic heterocycles. The molecule has 0 amide bonds. The summed E-state index contributed by atoms with van der Waals surface area (Å²) in [5.41, 5.74) is 0. The van der Waals surface area contributed by atoms with E-state index in [1.165, 1.54) is 6.92 Å². The van der Waals surface area contributed by atoms with Gasteiger partial charge in [0.25, 0.3) is 4.70 Å². The molecule has 0 aromatic carbocycles. The Bertz CT molecular complexity index is 407. The third-order valence-corrected chi connectivity index (χ3v) is 3.06. The first kappa shape index (κ1) is 16.9. The van der Waals surface area contributed by atoms with Crippen LogP contribution in [0, 0.1) is 0 Å². The van der Waals surface area contributed by atoms with Crippen LogP contribution in [0.4, 0.5) is 0 Å². The predicted octanol–water partition coefficient (Wildman–Crippen LogP) is -0.147. The Labute approximate surface area is 123 Å². The van der Waals surface area contributed by atoms with E-state index in [1.54, 1.807) is 0 Å². The van der Waals surface area contributed by atoms with E-state index in [1.807, 2.05) is 0 Å². The first-order valence-electron chi connectivity index (χ1n) is 5.70. The minimum atomic E-state index is -2.05. The van der Waals surface area contributed by atoms with E-state index < -0.39 is 40.9 Å². The number of carbonyl (C=O) groups excluding carboxylic acids is 3. The molecule has 0 unspecified atom stereocenters. The zero-order chi connectivity index (χ0) is 15.5. The van der Waals surface area contributed by atoms with E-state index in [4.69, 9.17) is 18.9 Å². The van der Waals surface area contributed by atoms with Gasteiger partial charge in [-0.1, -0.05) is 0 Å². The van der Waals surface area contributed by atoms with Crippen molar-refractivity contribution >= 4 is 33.8 Å². The molecule has 1 rings (SSSR count).